The van der Waals surface area contributed by atoms with E-state index in [0.29, 0.717) is 0 Å². The predicted octanol–water partition coefficient (Wildman–Crippen LogP) is 5.43. The van der Waals surface area contributed by atoms with Crippen LogP contribution in [0.2, 0.25) is 0 Å². The van der Waals surface area contributed by atoms with Gasteiger partial charge in [-0.2, -0.15) is 0 Å². The van der Waals surface area contributed by atoms with Crippen molar-refractivity contribution in [3.8, 4) is 0 Å². The Morgan fingerprint density at radius 1 is 0.833 bits per heavy atom. The molecule has 0 atom stereocenters. The largest absolute Gasteiger partial charge is 0.0628 e. The maximum Gasteiger partial charge on any atom is -0.0274 e. The summed E-state index contributed by atoms with van der Waals surface area (Å²) in [6.07, 6.45) is 6.26. The summed E-state index contributed by atoms with van der Waals surface area (Å²) >= 11 is 0. The quantitative estimate of drug-likeness (QED) is 0.602. The molecule has 1 aromatic rings. The first-order valence-corrected chi connectivity index (χ1v) is 7.63. The summed E-state index contributed by atoms with van der Waals surface area (Å²) in [7, 11) is 0. The fraction of sp³-hybridized carbons (Fsp3) is 0.667. The normalized spacial score (nSPS) is 11.5. The van der Waals surface area contributed by atoms with Crippen LogP contribution in [0.5, 0.6) is 0 Å². The molecule has 102 valence electrons. The number of hydrogen-bond donors (Lipinski definition) is 0. The van der Waals surface area contributed by atoms with Gasteiger partial charge in [-0.05, 0) is 60.6 Å². The molecule has 0 aliphatic carbocycles. The first kappa shape index (κ1) is 15.3. The van der Waals surface area contributed by atoms with Gasteiger partial charge in [0.15, 0.2) is 0 Å². The minimum Gasteiger partial charge on any atom is -0.0628 e. The molecule has 0 spiro atoms. The highest BCUT2D eigenvalue weighted by molar-refractivity contribution is 5.32. The van der Waals surface area contributed by atoms with E-state index in [1.54, 1.807) is 11.1 Å². The standard InChI is InChI=1S/C18H30/c1-6-16-9-12-17(10-7-14(2)3)18(13-16)11-8-15(4)5/h9,12-15H,6-8,10-11H2,1-5H3. The smallest absolute Gasteiger partial charge is 0.0274 e. The molecule has 0 bridgehead atoms. The van der Waals surface area contributed by atoms with Crippen LogP contribution in [-0.2, 0) is 19.3 Å². The van der Waals surface area contributed by atoms with Gasteiger partial charge in [-0.25, -0.2) is 0 Å². The Balaban J connectivity index is 2.79. The van der Waals surface area contributed by atoms with Crippen molar-refractivity contribution in [3.05, 3.63) is 34.9 Å². The van der Waals surface area contributed by atoms with E-state index in [2.05, 4.69) is 52.8 Å². The van der Waals surface area contributed by atoms with Crippen LogP contribution in [-0.4, -0.2) is 0 Å². The number of aryl methyl sites for hydroxylation is 3. The van der Waals surface area contributed by atoms with E-state index in [-0.39, 0.29) is 0 Å². The molecule has 0 amide bonds. The third-order valence-electron chi connectivity index (χ3n) is 3.66. The van der Waals surface area contributed by atoms with E-state index in [9.17, 15) is 0 Å². The third-order valence-corrected chi connectivity index (χ3v) is 3.66. The Labute approximate surface area is 114 Å². The Bertz CT molecular complexity index is 347. The minimum atomic E-state index is 0.799. The number of benzene rings is 1. The van der Waals surface area contributed by atoms with E-state index in [4.69, 9.17) is 0 Å². The van der Waals surface area contributed by atoms with E-state index >= 15 is 0 Å². The molecule has 0 radical (unpaired) electrons. The average molecular weight is 246 g/mol. The van der Waals surface area contributed by atoms with E-state index < -0.39 is 0 Å². The van der Waals surface area contributed by atoms with Crippen LogP contribution < -0.4 is 0 Å². The summed E-state index contributed by atoms with van der Waals surface area (Å²) in [5.41, 5.74) is 4.67. The average Bonchev–Trinajstić information content (AvgIpc) is 2.34. The van der Waals surface area contributed by atoms with E-state index in [1.807, 2.05) is 0 Å². The second-order valence-electron chi connectivity index (χ2n) is 6.32. The molecule has 0 aliphatic heterocycles. The van der Waals surface area contributed by atoms with Gasteiger partial charge < -0.3 is 0 Å². The summed E-state index contributed by atoms with van der Waals surface area (Å²) in [5.74, 6) is 1.60. The summed E-state index contributed by atoms with van der Waals surface area (Å²) in [6, 6.07) is 7.13. The van der Waals surface area contributed by atoms with Crippen LogP contribution in [0, 0.1) is 11.8 Å². The summed E-state index contributed by atoms with van der Waals surface area (Å²) < 4.78 is 0. The van der Waals surface area contributed by atoms with E-state index in [1.165, 1.54) is 31.2 Å². The van der Waals surface area contributed by atoms with Gasteiger partial charge in [0, 0.05) is 0 Å². The molecule has 0 saturated carbocycles. The molecule has 0 aliphatic rings. The highest BCUT2D eigenvalue weighted by Crippen LogP contribution is 2.19. The van der Waals surface area contributed by atoms with Gasteiger partial charge in [0.05, 0.1) is 0 Å². The van der Waals surface area contributed by atoms with E-state index in [0.717, 1.165) is 18.3 Å². The van der Waals surface area contributed by atoms with Gasteiger partial charge in [0.1, 0.15) is 0 Å². The third kappa shape index (κ3) is 5.25. The molecular formula is C18H30. The summed E-state index contributed by atoms with van der Waals surface area (Å²) in [6.45, 7) is 11.5. The molecule has 0 saturated heterocycles. The lowest BCUT2D eigenvalue weighted by Crippen LogP contribution is -2.01. The van der Waals surface area contributed by atoms with Crippen LogP contribution in [0.15, 0.2) is 18.2 Å². The van der Waals surface area contributed by atoms with Gasteiger partial charge >= 0.3 is 0 Å². The number of rotatable bonds is 7. The van der Waals surface area contributed by atoms with Crippen molar-refractivity contribution in [2.45, 2.75) is 66.7 Å². The van der Waals surface area contributed by atoms with Crippen LogP contribution >= 0.6 is 0 Å². The molecule has 0 aromatic heterocycles. The second kappa shape index (κ2) is 7.61. The molecule has 0 fully saturated rings. The van der Waals surface area contributed by atoms with Crippen LogP contribution in [0.4, 0.5) is 0 Å². The van der Waals surface area contributed by atoms with Crippen molar-refractivity contribution in [1.29, 1.82) is 0 Å². The fourth-order valence-corrected chi connectivity index (χ4v) is 2.26. The summed E-state index contributed by atoms with van der Waals surface area (Å²) in [4.78, 5) is 0. The molecular weight excluding hydrogens is 216 g/mol. The van der Waals surface area contributed by atoms with Crippen molar-refractivity contribution in [1.82, 2.24) is 0 Å². The zero-order chi connectivity index (χ0) is 13.5. The maximum atomic E-state index is 2.44. The highest BCUT2D eigenvalue weighted by Gasteiger charge is 2.06. The first-order chi connectivity index (χ1) is 8.52. The lowest BCUT2D eigenvalue weighted by Gasteiger charge is -2.14. The highest BCUT2D eigenvalue weighted by atomic mass is 14.1. The van der Waals surface area contributed by atoms with Gasteiger partial charge in [0.25, 0.3) is 0 Å². The molecule has 18 heavy (non-hydrogen) atoms. The lowest BCUT2D eigenvalue weighted by molar-refractivity contribution is 0.571. The fourth-order valence-electron chi connectivity index (χ4n) is 2.26. The molecule has 1 aromatic carbocycles. The molecule has 0 nitrogen and oxygen atoms in total. The molecule has 0 heteroatoms. The van der Waals surface area contributed by atoms with Gasteiger partial charge in [-0.15, -0.1) is 0 Å². The Kier molecular flexibility index (Phi) is 6.46. The lowest BCUT2D eigenvalue weighted by atomic mass is 9.92. The Morgan fingerprint density at radius 2 is 1.39 bits per heavy atom. The summed E-state index contributed by atoms with van der Waals surface area (Å²) in [5, 5.41) is 0. The Hall–Kier alpha value is -0.780. The van der Waals surface area contributed by atoms with Gasteiger partial charge in [-0.3, -0.25) is 0 Å². The van der Waals surface area contributed by atoms with Crippen molar-refractivity contribution < 1.29 is 0 Å². The molecule has 0 heterocycles. The first-order valence-electron chi connectivity index (χ1n) is 7.63. The van der Waals surface area contributed by atoms with Gasteiger partial charge in [-0.1, -0.05) is 52.8 Å². The second-order valence-corrected chi connectivity index (χ2v) is 6.32. The minimum absolute atomic E-state index is 0.799. The zero-order valence-corrected chi connectivity index (χ0v) is 12.9. The molecule has 1 rings (SSSR count). The van der Waals surface area contributed by atoms with Crippen LogP contribution in [0.1, 0.15) is 64.2 Å². The monoisotopic (exact) mass is 246 g/mol. The SMILES string of the molecule is CCc1ccc(CCC(C)C)c(CCC(C)C)c1. The Morgan fingerprint density at radius 3 is 1.89 bits per heavy atom. The molecule has 0 unspecified atom stereocenters. The van der Waals surface area contributed by atoms with Crippen LogP contribution in [0.3, 0.4) is 0 Å². The maximum absolute atomic E-state index is 2.44. The number of hydrogen-bond acceptors (Lipinski definition) is 0. The van der Waals surface area contributed by atoms with Crippen LogP contribution in [0.25, 0.3) is 0 Å². The van der Waals surface area contributed by atoms with Crippen molar-refractivity contribution >= 4 is 0 Å². The van der Waals surface area contributed by atoms with Gasteiger partial charge in [0.2, 0.25) is 0 Å². The van der Waals surface area contributed by atoms with Crippen molar-refractivity contribution in [3.63, 3.8) is 0 Å². The zero-order valence-electron chi connectivity index (χ0n) is 12.9. The predicted molar refractivity (Wildman–Crippen MR) is 82.1 cm³/mol. The van der Waals surface area contributed by atoms with Crippen molar-refractivity contribution in [2.75, 3.05) is 0 Å². The topological polar surface area (TPSA) is 0 Å². The van der Waals surface area contributed by atoms with Crippen molar-refractivity contribution in [2.24, 2.45) is 11.8 Å². The molecule has 0 N–H and O–H groups in total.